The van der Waals surface area contributed by atoms with Crippen molar-refractivity contribution >= 4 is 17.2 Å². The van der Waals surface area contributed by atoms with Crippen molar-refractivity contribution < 1.29 is 4.79 Å². The Morgan fingerprint density at radius 1 is 1.40 bits per heavy atom. The second-order valence-corrected chi connectivity index (χ2v) is 4.20. The Bertz CT molecular complexity index is 412. The first kappa shape index (κ1) is 10.0. The fraction of sp³-hybridized carbons (Fsp3) is 0.417. The van der Waals surface area contributed by atoms with Gasteiger partial charge in [-0.05, 0) is 31.0 Å². The zero-order chi connectivity index (χ0) is 11.0. The molecule has 0 aromatic heterocycles. The van der Waals surface area contributed by atoms with Crippen molar-refractivity contribution in [3.8, 4) is 0 Å². The van der Waals surface area contributed by atoms with Crippen molar-refractivity contribution in [2.24, 2.45) is 0 Å². The molecule has 15 heavy (non-hydrogen) atoms. The van der Waals surface area contributed by atoms with Crippen LogP contribution in [-0.4, -0.2) is 19.4 Å². The molecule has 0 amide bonds. The lowest BCUT2D eigenvalue weighted by atomic mass is 10.0. The van der Waals surface area contributed by atoms with Crippen LogP contribution >= 0.6 is 0 Å². The van der Waals surface area contributed by atoms with Gasteiger partial charge >= 0.3 is 0 Å². The third-order valence-electron chi connectivity index (χ3n) is 2.86. The molecule has 0 spiro atoms. The van der Waals surface area contributed by atoms with Crippen LogP contribution in [0, 0.1) is 6.92 Å². The smallest absolute Gasteiger partial charge is 0.165 e. The number of anilines is 2. The Morgan fingerprint density at radius 2 is 2.13 bits per heavy atom. The first-order chi connectivity index (χ1) is 7.09. The average molecular weight is 204 g/mol. The number of ketones is 1. The number of fused-ring (bicyclic) bond motifs is 1. The predicted molar refractivity (Wildman–Crippen MR) is 62.4 cm³/mol. The second-order valence-electron chi connectivity index (χ2n) is 4.20. The molecule has 1 aromatic carbocycles. The Morgan fingerprint density at radius 3 is 2.87 bits per heavy atom. The minimum Gasteiger partial charge on any atom is -0.397 e. The van der Waals surface area contributed by atoms with Crippen LogP contribution in [0.3, 0.4) is 0 Å². The van der Waals surface area contributed by atoms with Gasteiger partial charge in [0.2, 0.25) is 0 Å². The van der Waals surface area contributed by atoms with E-state index in [-0.39, 0.29) is 5.78 Å². The van der Waals surface area contributed by atoms with Crippen molar-refractivity contribution in [2.75, 3.05) is 24.2 Å². The Kier molecular flexibility index (Phi) is 2.39. The summed E-state index contributed by atoms with van der Waals surface area (Å²) in [5.74, 6) is 0.213. The number of carbonyl (C=O) groups excluding carboxylic acids is 1. The van der Waals surface area contributed by atoms with Gasteiger partial charge < -0.3 is 10.6 Å². The summed E-state index contributed by atoms with van der Waals surface area (Å²) in [7, 11) is 1.99. The average Bonchev–Trinajstić information content (AvgIpc) is 2.27. The topological polar surface area (TPSA) is 46.3 Å². The lowest BCUT2D eigenvalue weighted by molar-refractivity contribution is 0.0983. The SMILES string of the molecule is Cc1cc(N)c2c(c1)C(=O)CCCN2C. The monoisotopic (exact) mass is 204 g/mol. The van der Waals surface area contributed by atoms with Gasteiger partial charge in [-0.15, -0.1) is 0 Å². The molecule has 1 aromatic rings. The van der Waals surface area contributed by atoms with Crippen molar-refractivity contribution in [1.29, 1.82) is 0 Å². The summed E-state index contributed by atoms with van der Waals surface area (Å²) >= 11 is 0. The number of hydrogen-bond acceptors (Lipinski definition) is 3. The number of nitrogens with zero attached hydrogens (tertiary/aromatic N) is 1. The number of aryl methyl sites for hydroxylation is 1. The Labute approximate surface area is 89.9 Å². The molecule has 0 fully saturated rings. The van der Waals surface area contributed by atoms with E-state index >= 15 is 0 Å². The van der Waals surface area contributed by atoms with E-state index < -0.39 is 0 Å². The van der Waals surface area contributed by atoms with Gasteiger partial charge in [0.25, 0.3) is 0 Å². The molecule has 0 saturated heterocycles. The molecule has 0 atom stereocenters. The molecule has 1 aliphatic heterocycles. The Balaban J connectivity index is 2.64. The summed E-state index contributed by atoms with van der Waals surface area (Å²) in [6, 6.07) is 3.86. The number of hydrogen-bond donors (Lipinski definition) is 1. The fourth-order valence-electron chi connectivity index (χ4n) is 2.17. The molecule has 80 valence electrons. The van der Waals surface area contributed by atoms with E-state index in [4.69, 9.17) is 5.73 Å². The lowest BCUT2D eigenvalue weighted by Crippen LogP contribution is -2.19. The summed E-state index contributed by atoms with van der Waals surface area (Å²) in [6.45, 7) is 2.86. The van der Waals surface area contributed by atoms with Gasteiger partial charge in [0, 0.05) is 25.6 Å². The molecule has 0 saturated carbocycles. The van der Waals surface area contributed by atoms with E-state index in [9.17, 15) is 4.79 Å². The number of nitrogen functional groups attached to an aromatic ring is 1. The van der Waals surface area contributed by atoms with Crippen LogP contribution in [0.2, 0.25) is 0 Å². The molecular formula is C12H16N2O. The lowest BCUT2D eigenvalue weighted by Gasteiger charge is -2.21. The number of rotatable bonds is 0. The summed E-state index contributed by atoms with van der Waals surface area (Å²) in [5, 5.41) is 0. The highest BCUT2D eigenvalue weighted by Crippen LogP contribution is 2.32. The van der Waals surface area contributed by atoms with Crippen LogP contribution in [-0.2, 0) is 0 Å². The molecule has 1 aliphatic rings. The van der Waals surface area contributed by atoms with Gasteiger partial charge in [0.05, 0.1) is 11.4 Å². The van der Waals surface area contributed by atoms with Gasteiger partial charge in [0.15, 0.2) is 5.78 Å². The maximum absolute atomic E-state index is 11.9. The van der Waals surface area contributed by atoms with Crippen LogP contribution in [0.4, 0.5) is 11.4 Å². The predicted octanol–water partition coefficient (Wildman–Crippen LogP) is 1.99. The number of Topliss-reactive ketones (excluding diaryl/α,β-unsaturated/α-hetero) is 1. The van der Waals surface area contributed by atoms with Crippen molar-refractivity contribution in [3.63, 3.8) is 0 Å². The van der Waals surface area contributed by atoms with E-state index in [1.165, 1.54) is 0 Å². The number of nitrogens with two attached hydrogens (primary N) is 1. The largest absolute Gasteiger partial charge is 0.397 e. The normalized spacial score (nSPS) is 16.1. The van der Waals surface area contributed by atoms with Crippen LogP contribution in [0.25, 0.3) is 0 Å². The first-order valence-corrected chi connectivity index (χ1v) is 5.24. The number of benzene rings is 1. The third-order valence-corrected chi connectivity index (χ3v) is 2.86. The van der Waals surface area contributed by atoms with Crippen LogP contribution in [0.5, 0.6) is 0 Å². The molecule has 1 heterocycles. The van der Waals surface area contributed by atoms with Gasteiger partial charge in [-0.2, -0.15) is 0 Å². The molecule has 0 radical (unpaired) electrons. The standard InChI is InChI=1S/C12H16N2O/c1-8-6-9-11(15)4-3-5-14(2)12(9)10(13)7-8/h6-7H,3-5,13H2,1-2H3. The Hall–Kier alpha value is -1.51. The second kappa shape index (κ2) is 3.57. The molecule has 2 N–H and O–H groups in total. The van der Waals surface area contributed by atoms with E-state index in [1.54, 1.807) is 0 Å². The number of carbonyl (C=O) groups is 1. The van der Waals surface area contributed by atoms with E-state index in [1.807, 2.05) is 26.1 Å². The highest BCUT2D eigenvalue weighted by molar-refractivity contribution is 6.04. The van der Waals surface area contributed by atoms with Crippen LogP contribution in [0.15, 0.2) is 12.1 Å². The highest BCUT2D eigenvalue weighted by Gasteiger charge is 2.20. The minimum absolute atomic E-state index is 0.213. The zero-order valence-corrected chi connectivity index (χ0v) is 9.21. The van der Waals surface area contributed by atoms with E-state index in [0.717, 1.165) is 29.8 Å². The van der Waals surface area contributed by atoms with Crippen molar-refractivity contribution in [2.45, 2.75) is 19.8 Å². The summed E-state index contributed by atoms with van der Waals surface area (Å²) in [5.41, 5.74) is 9.42. The van der Waals surface area contributed by atoms with Crippen molar-refractivity contribution in [3.05, 3.63) is 23.3 Å². The molecule has 3 nitrogen and oxygen atoms in total. The summed E-state index contributed by atoms with van der Waals surface area (Å²) in [6.07, 6.45) is 1.53. The maximum Gasteiger partial charge on any atom is 0.165 e. The summed E-state index contributed by atoms with van der Waals surface area (Å²) < 4.78 is 0. The molecule has 0 unspecified atom stereocenters. The molecule has 3 heteroatoms. The highest BCUT2D eigenvalue weighted by atomic mass is 16.1. The van der Waals surface area contributed by atoms with Gasteiger partial charge in [0.1, 0.15) is 0 Å². The maximum atomic E-state index is 11.9. The molecular weight excluding hydrogens is 188 g/mol. The first-order valence-electron chi connectivity index (χ1n) is 5.24. The molecule has 2 rings (SSSR count). The van der Waals surface area contributed by atoms with Crippen molar-refractivity contribution in [1.82, 2.24) is 0 Å². The molecule has 0 aliphatic carbocycles. The van der Waals surface area contributed by atoms with E-state index in [2.05, 4.69) is 4.90 Å². The van der Waals surface area contributed by atoms with Crippen LogP contribution < -0.4 is 10.6 Å². The van der Waals surface area contributed by atoms with E-state index in [0.29, 0.717) is 12.1 Å². The minimum atomic E-state index is 0.213. The van der Waals surface area contributed by atoms with Gasteiger partial charge in [-0.25, -0.2) is 0 Å². The third kappa shape index (κ3) is 1.69. The van der Waals surface area contributed by atoms with Gasteiger partial charge in [-0.3, -0.25) is 4.79 Å². The zero-order valence-electron chi connectivity index (χ0n) is 9.21. The van der Waals surface area contributed by atoms with Gasteiger partial charge in [-0.1, -0.05) is 0 Å². The quantitative estimate of drug-likeness (QED) is 0.657. The molecule has 0 bridgehead atoms. The van der Waals surface area contributed by atoms with Crippen LogP contribution in [0.1, 0.15) is 28.8 Å². The summed E-state index contributed by atoms with van der Waals surface area (Å²) in [4.78, 5) is 14.0. The fourth-order valence-corrected chi connectivity index (χ4v) is 2.17.